The van der Waals surface area contributed by atoms with E-state index in [-0.39, 0.29) is 17.0 Å². The number of carbonyl (C=O) groups excluding carboxylic acids is 2. The quantitative estimate of drug-likeness (QED) is 0.351. The molecule has 34 heavy (non-hydrogen) atoms. The normalized spacial score (nSPS) is 13.9. The number of nitrogens with zero attached hydrogens (tertiary/aromatic N) is 2. The molecule has 2 amide bonds. The first kappa shape index (κ1) is 23.5. The van der Waals surface area contributed by atoms with Crippen molar-refractivity contribution >= 4 is 52.1 Å². The first-order valence-electron chi connectivity index (χ1n) is 10.2. The average Bonchev–Trinajstić information content (AvgIpc) is 3.14. The van der Waals surface area contributed by atoms with E-state index >= 15 is 0 Å². The van der Waals surface area contributed by atoms with Gasteiger partial charge in [0.1, 0.15) is 5.76 Å². The van der Waals surface area contributed by atoms with E-state index in [0.717, 1.165) is 6.42 Å². The van der Waals surface area contributed by atoms with Crippen molar-refractivity contribution in [3.8, 4) is 0 Å². The van der Waals surface area contributed by atoms with Crippen LogP contribution < -0.4 is 10.7 Å². The first-order valence-corrected chi connectivity index (χ1v) is 11.0. The number of fused-ring (bicyclic) bond motifs is 1. The minimum Gasteiger partial charge on any atom is -0.455 e. The highest BCUT2D eigenvalue weighted by Gasteiger charge is 2.28. The Hall–Kier alpha value is -3.69. The zero-order valence-electron chi connectivity index (χ0n) is 17.9. The second-order valence-electron chi connectivity index (χ2n) is 7.62. The first-order chi connectivity index (χ1) is 16.2. The van der Waals surface area contributed by atoms with Gasteiger partial charge in [-0.25, -0.2) is 5.43 Å². The van der Waals surface area contributed by atoms with Crippen LogP contribution in [0.3, 0.4) is 0 Å². The van der Waals surface area contributed by atoms with Gasteiger partial charge in [-0.3, -0.25) is 19.7 Å². The molecule has 0 fully saturated rings. The molecule has 0 saturated heterocycles. The van der Waals surface area contributed by atoms with E-state index < -0.39 is 16.7 Å². The number of benzene rings is 2. The Labute approximate surface area is 203 Å². The van der Waals surface area contributed by atoms with Crippen LogP contribution in [0.15, 0.2) is 52.0 Å². The fourth-order valence-electron chi connectivity index (χ4n) is 3.73. The fourth-order valence-corrected chi connectivity index (χ4v) is 4.25. The number of nitro benzene ring substituents is 1. The Morgan fingerprint density at radius 3 is 2.38 bits per heavy atom. The highest BCUT2D eigenvalue weighted by Crippen LogP contribution is 2.31. The molecule has 1 heterocycles. The summed E-state index contributed by atoms with van der Waals surface area (Å²) in [6.07, 6.45) is 1.94. The third-order valence-electron chi connectivity index (χ3n) is 5.29. The third kappa shape index (κ3) is 4.95. The lowest BCUT2D eigenvalue weighted by Gasteiger charge is -2.13. The van der Waals surface area contributed by atoms with Crippen molar-refractivity contribution in [2.24, 2.45) is 5.10 Å². The molecule has 9 nitrogen and oxygen atoms in total. The number of nitrogens with one attached hydrogen (secondary N) is 2. The van der Waals surface area contributed by atoms with Gasteiger partial charge in [-0.05, 0) is 50.1 Å². The molecule has 1 aliphatic rings. The summed E-state index contributed by atoms with van der Waals surface area (Å²) in [5.74, 6) is -0.218. The number of rotatable bonds is 5. The molecule has 1 aliphatic carbocycles. The van der Waals surface area contributed by atoms with Gasteiger partial charge in [0.25, 0.3) is 17.5 Å². The predicted octanol–water partition coefficient (Wildman–Crippen LogP) is 5.53. The topological polar surface area (TPSA) is 127 Å². The number of hydrogen-bond acceptors (Lipinski definition) is 6. The van der Waals surface area contributed by atoms with Crippen molar-refractivity contribution in [3.05, 3.63) is 90.8 Å². The summed E-state index contributed by atoms with van der Waals surface area (Å²) in [6, 6.07) is 9.91. The maximum atomic E-state index is 12.9. The third-order valence-corrected chi connectivity index (χ3v) is 5.72. The predicted molar refractivity (Wildman–Crippen MR) is 128 cm³/mol. The van der Waals surface area contributed by atoms with E-state index in [9.17, 15) is 19.7 Å². The zero-order chi connectivity index (χ0) is 24.4. The van der Waals surface area contributed by atoms with E-state index in [2.05, 4.69) is 15.8 Å². The fraction of sp³-hybridized carbons (Fsp3) is 0.174. The SMILES string of the molecule is Cc1c(C(=O)Nc2cc(Cl)cc(Cl)c2)oc2c1/C(=N/NC(=O)c1ccc([N+](=O)[O-])cc1)CCC2. The number of aryl methyl sites for hydroxylation is 1. The summed E-state index contributed by atoms with van der Waals surface area (Å²) in [5.41, 5.74) is 4.91. The molecule has 0 atom stereocenters. The second-order valence-corrected chi connectivity index (χ2v) is 8.50. The number of amides is 2. The van der Waals surface area contributed by atoms with Crippen LogP contribution in [0.4, 0.5) is 11.4 Å². The van der Waals surface area contributed by atoms with Gasteiger partial charge in [-0.15, -0.1) is 0 Å². The molecule has 0 aliphatic heterocycles. The molecule has 0 spiro atoms. The number of carbonyl (C=O) groups is 2. The van der Waals surface area contributed by atoms with Crippen LogP contribution in [0.5, 0.6) is 0 Å². The molecule has 0 unspecified atom stereocenters. The van der Waals surface area contributed by atoms with Crippen LogP contribution in [0.25, 0.3) is 0 Å². The summed E-state index contributed by atoms with van der Waals surface area (Å²) in [5, 5.41) is 18.5. The minimum atomic E-state index is -0.540. The maximum absolute atomic E-state index is 12.9. The lowest BCUT2D eigenvalue weighted by Crippen LogP contribution is -2.22. The molecule has 4 rings (SSSR count). The Morgan fingerprint density at radius 1 is 1.06 bits per heavy atom. The van der Waals surface area contributed by atoms with Crippen molar-refractivity contribution in [2.45, 2.75) is 26.2 Å². The van der Waals surface area contributed by atoms with Gasteiger partial charge >= 0.3 is 0 Å². The summed E-state index contributed by atoms with van der Waals surface area (Å²) >= 11 is 12.0. The molecule has 3 aromatic rings. The van der Waals surface area contributed by atoms with E-state index in [1.807, 2.05) is 0 Å². The Kier molecular flexibility index (Phi) is 6.67. The zero-order valence-corrected chi connectivity index (χ0v) is 19.4. The number of halogens is 2. The lowest BCUT2D eigenvalue weighted by atomic mass is 9.93. The molecule has 0 bridgehead atoms. The summed E-state index contributed by atoms with van der Waals surface area (Å²) < 4.78 is 5.85. The average molecular weight is 501 g/mol. The number of anilines is 1. The van der Waals surface area contributed by atoms with E-state index in [1.165, 1.54) is 24.3 Å². The highest BCUT2D eigenvalue weighted by molar-refractivity contribution is 6.35. The van der Waals surface area contributed by atoms with Gasteiger partial charge in [-0.1, -0.05) is 23.2 Å². The number of hydrogen-bond donors (Lipinski definition) is 2. The van der Waals surface area contributed by atoms with Crippen molar-refractivity contribution in [2.75, 3.05) is 5.32 Å². The van der Waals surface area contributed by atoms with Crippen molar-refractivity contribution in [1.29, 1.82) is 0 Å². The van der Waals surface area contributed by atoms with E-state index in [1.54, 1.807) is 25.1 Å². The summed E-state index contributed by atoms with van der Waals surface area (Å²) in [7, 11) is 0. The van der Waals surface area contributed by atoms with Gasteiger partial charge in [0.05, 0.1) is 10.6 Å². The van der Waals surface area contributed by atoms with Crippen LogP contribution in [0.2, 0.25) is 10.0 Å². The second kappa shape index (κ2) is 9.66. The summed E-state index contributed by atoms with van der Waals surface area (Å²) in [6.45, 7) is 1.75. The van der Waals surface area contributed by atoms with Crippen LogP contribution in [0.1, 0.15) is 50.6 Å². The molecule has 2 N–H and O–H groups in total. The Balaban J connectivity index is 1.54. The van der Waals surface area contributed by atoms with Gasteiger partial charge < -0.3 is 9.73 Å². The molecular formula is C23H18Cl2N4O5. The molecule has 0 radical (unpaired) electrons. The summed E-state index contributed by atoms with van der Waals surface area (Å²) in [4.78, 5) is 35.5. The molecule has 1 aromatic heterocycles. The van der Waals surface area contributed by atoms with Gasteiger partial charge in [-0.2, -0.15) is 5.10 Å². The minimum absolute atomic E-state index is 0.111. The number of furan rings is 1. The largest absolute Gasteiger partial charge is 0.455 e. The smallest absolute Gasteiger partial charge is 0.291 e. The van der Waals surface area contributed by atoms with Gasteiger partial charge in [0, 0.05) is 51.0 Å². The van der Waals surface area contributed by atoms with E-state index in [0.29, 0.717) is 51.2 Å². The van der Waals surface area contributed by atoms with Gasteiger partial charge in [0.15, 0.2) is 5.76 Å². The Bertz CT molecular complexity index is 1310. The van der Waals surface area contributed by atoms with E-state index in [4.69, 9.17) is 27.6 Å². The monoisotopic (exact) mass is 500 g/mol. The number of hydrazone groups is 1. The standard InChI is InChI=1S/C23H18Cl2N4O5/c1-12-20-18(27-28-22(30)13-5-7-17(8-6-13)29(32)33)3-2-4-19(20)34-21(12)23(31)26-16-10-14(24)9-15(25)11-16/h5-11H,2-4H2,1H3,(H,26,31)(H,28,30)/b27-18+. The number of non-ortho nitro benzene ring substituents is 1. The van der Waals surface area contributed by atoms with Crippen LogP contribution in [-0.4, -0.2) is 22.4 Å². The lowest BCUT2D eigenvalue weighted by molar-refractivity contribution is -0.384. The van der Waals surface area contributed by atoms with Gasteiger partial charge in [0.2, 0.25) is 0 Å². The van der Waals surface area contributed by atoms with Crippen molar-refractivity contribution in [1.82, 2.24) is 5.43 Å². The van der Waals surface area contributed by atoms with Crippen molar-refractivity contribution < 1.29 is 18.9 Å². The van der Waals surface area contributed by atoms with Crippen LogP contribution in [0, 0.1) is 17.0 Å². The maximum Gasteiger partial charge on any atom is 0.291 e. The van der Waals surface area contributed by atoms with Crippen LogP contribution in [-0.2, 0) is 6.42 Å². The highest BCUT2D eigenvalue weighted by atomic mass is 35.5. The van der Waals surface area contributed by atoms with Crippen LogP contribution >= 0.6 is 23.2 Å². The number of nitro groups is 1. The Morgan fingerprint density at radius 2 is 1.74 bits per heavy atom. The molecule has 2 aromatic carbocycles. The van der Waals surface area contributed by atoms with Crippen molar-refractivity contribution in [3.63, 3.8) is 0 Å². The molecular weight excluding hydrogens is 483 g/mol. The molecule has 0 saturated carbocycles. The molecule has 174 valence electrons. The molecule has 11 heteroatoms.